The maximum atomic E-state index is 12.3. The number of nitrogens with one attached hydrogen (secondary N) is 1. The number of carbonyl (C=O) groups is 1. The lowest BCUT2D eigenvalue weighted by Gasteiger charge is -2.07. The Hall–Kier alpha value is -2.47. The van der Waals surface area contributed by atoms with Crippen LogP contribution in [-0.4, -0.2) is 20.7 Å². The van der Waals surface area contributed by atoms with E-state index in [1.54, 1.807) is 12.3 Å². The summed E-state index contributed by atoms with van der Waals surface area (Å²) in [7, 11) is 0. The molecule has 1 aromatic carbocycles. The fourth-order valence-electron chi connectivity index (χ4n) is 2.40. The summed E-state index contributed by atoms with van der Waals surface area (Å²) in [6.07, 6.45) is 1.75. The number of anilines is 1. The van der Waals surface area contributed by atoms with Gasteiger partial charge in [-0.05, 0) is 44.5 Å². The Morgan fingerprint density at radius 2 is 2.09 bits per heavy atom. The van der Waals surface area contributed by atoms with Gasteiger partial charge in [0.25, 0.3) is 5.91 Å². The highest BCUT2D eigenvalue weighted by molar-refractivity contribution is 7.15. The number of carbonyl (C=O) groups excluding carboxylic acids is 1. The molecule has 0 atom stereocenters. The Morgan fingerprint density at radius 1 is 1.26 bits per heavy atom. The molecule has 5 nitrogen and oxygen atoms in total. The van der Waals surface area contributed by atoms with Crippen molar-refractivity contribution in [3.63, 3.8) is 0 Å². The van der Waals surface area contributed by atoms with E-state index in [1.165, 1.54) is 11.3 Å². The van der Waals surface area contributed by atoms with Crippen LogP contribution >= 0.6 is 11.3 Å². The number of aryl methyl sites for hydroxylation is 3. The zero-order valence-corrected chi connectivity index (χ0v) is 14.1. The van der Waals surface area contributed by atoms with Gasteiger partial charge in [-0.1, -0.05) is 12.1 Å². The molecular formula is C17H18N4OS. The third-order valence-corrected chi connectivity index (χ3v) is 4.29. The average molecular weight is 326 g/mol. The fraction of sp³-hybridized carbons (Fsp3) is 0.235. The van der Waals surface area contributed by atoms with Crippen LogP contribution in [0.1, 0.15) is 32.2 Å². The number of nitrogens with zero attached hydrogens (tertiary/aromatic N) is 3. The van der Waals surface area contributed by atoms with E-state index in [0.29, 0.717) is 17.2 Å². The van der Waals surface area contributed by atoms with Crippen LogP contribution in [0.2, 0.25) is 0 Å². The van der Waals surface area contributed by atoms with Crippen LogP contribution in [0.5, 0.6) is 0 Å². The smallest absolute Gasteiger partial charge is 0.257 e. The van der Waals surface area contributed by atoms with Gasteiger partial charge in [0, 0.05) is 22.3 Å². The van der Waals surface area contributed by atoms with E-state index in [-0.39, 0.29) is 5.91 Å². The molecule has 3 rings (SSSR count). The minimum atomic E-state index is -0.144. The highest BCUT2D eigenvalue weighted by atomic mass is 32.1. The zero-order chi connectivity index (χ0) is 16.4. The van der Waals surface area contributed by atoms with E-state index in [2.05, 4.69) is 15.4 Å². The summed E-state index contributed by atoms with van der Waals surface area (Å²) < 4.78 is 1.94. The molecule has 118 valence electrons. The number of hydrogen-bond donors (Lipinski definition) is 1. The summed E-state index contributed by atoms with van der Waals surface area (Å²) in [5, 5.41) is 7.91. The lowest BCUT2D eigenvalue weighted by molar-refractivity contribution is 0.102. The van der Waals surface area contributed by atoms with E-state index in [9.17, 15) is 4.79 Å². The quantitative estimate of drug-likeness (QED) is 0.797. The van der Waals surface area contributed by atoms with Crippen molar-refractivity contribution >= 4 is 22.4 Å². The van der Waals surface area contributed by atoms with Crippen LogP contribution in [0.3, 0.4) is 0 Å². The molecule has 0 spiro atoms. The standard InChI is InChI=1S/C17H18N4OS/c1-11-7-12(2)21(20-11)10-14-5-4-6-15(8-14)16(22)19-17-18-9-13(3)23-17/h4-9H,10H2,1-3H3,(H,18,19,22). The van der Waals surface area contributed by atoms with Gasteiger partial charge in [-0.25, -0.2) is 4.98 Å². The summed E-state index contributed by atoms with van der Waals surface area (Å²) in [6.45, 7) is 6.62. The van der Waals surface area contributed by atoms with Crippen molar-refractivity contribution in [3.05, 3.63) is 63.9 Å². The van der Waals surface area contributed by atoms with Gasteiger partial charge in [-0.2, -0.15) is 5.10 Å². The second-order valence-electron chi connectivity index (χ2n) is 5.52. The minimum Gasteiger partial charge on any atom is -0.298 e. The van der Waals surface area contributed by atoms with Crippen molar-refractivity contribution in [1.29, 1.82) is 0 Å². The predicted molar refractivity (Wildman–Crippen MR) is 92.0 cm³/mol. The normalized spacial score (nSPS) is 10.7. The Kier molecular flexibility index (Phi) is 4.25. The average Bonchev–Trinajstić information content (AvgIpc) is 3.05. The predicted octanol–water partition coefficient (Wildman–Crippen LogP) is 3.57. The maximum Gasteiger partial charge on any atom is 0.257 e. The van der Waals surface area contributed by atoms with E-state index in [1.807, 2.05) is 49.7 Å². The van der Waals surface area contributed by atoms with E-state index >= 15 is 0 Å². The molecule has 2 heterocycles. The van der Waals surface area contributed by atoms with Gasteiger partial charge < -0.3 is 0 Å². The molecule has 0 saturated carbocycles. The molecule has 1 N–H and O–H groups in total. The van der Waals surface area contributed by atoms with E-state index < -0.39 is 0 Å². The molecule has 0 aliphatic heterocycles. The highest BCUT2D eigenvalue weighted by Gasteiger charge is 2.10. The van der Waals surface area contributed by atoms with Gasteiger partial charge in [0.15, 0.2) is 5.13 Å². The minimum absolute atomic E-state index is 0.144. The van der Waals surface area contributed by atoms with Crippen LogP contribution in [-0.2, 0) is 6.54 Å². The second-order valence-corrected chi connectivity index (χ2v) is 6.75. The molecular weight excluding hydrogens is 308 g/mol. The largest absolute Gasteiger partial charge is 0.298 e. The Morgan fingerprint density at radius 3 is 2.74 bits per heavy atom. The van der Waals surface area contributed by atoms with Crippen LogP contribution in [0.15, 0.2) is 36.5 Å². The van der Waals surface area contributed by atoms with Crippen molar-refractivity contribution in [2.24, 2.45) is 0 Å². The summed E-state index contributed by atoms with van der Waals surface area (Å²) >= 11 is 1.47. The van der Waals surface area contributed by atoms with Gasteiger partial charge in [-0.15, -0.1) is 11.3 Å². The SMILES string of the molecule is Cc1cc(C)n(Cc2cccc(C(=O)Nc3ncc(C)s3)c2)n1. The first-order valence-electron chi connectivity index (χ1n) is 7.35. The van der Waals surface area contributed by atoms with Gasteiger partial charge in [0.1, 0.15) is 0 Å². The molecule has 0 aliphatic rings. The molecule has 3 aromatic rings. The number of rotatable bonds is 4. The van der Waals surface area contributed by atoms with Crippen LogP contribution in [0.25, 0.3) is 0 Å². The molecule has 1 amide bonds. The van der Waals surface area contributed by atoms with Crippen LogP contribution < -0.4 is 5.32 Å². The molecule has 0 unspecified atom stereocenters. The first-order chi connectivity index (χ1) is 11.0. The molecule has 23 heavy (non-hydrogen) atoms. The highest BCUT2D eigenvalue weighted by Crippen LogP contribution is 2.18. The van der Waals surface area contributed by atoms with Crippen molar-refractivity contribution < 1.29 is 4.79 Å². The maximum absolute atomic E-state index is 12.3. The molecule has 6 heteroatoms. The van der Waals surface area contributed by atoms with E-state index in [0.717, 1.165) is 21.8 Å². The summed E-state index contributed by atoms with van der Waals surface area (Å²) in [6, 6.07) is 9.64. The Labute approximate surface area is 139 Å². The summed E-state index contributed by atoms with van der Waals surface area (Å²) in [5.41, 5.74) is 3.77. The van der Waals surface area contributed by atoms with Gasteiger partial charge >= 0.3 is 0 Å². The van der Waals surface area contributed by atoms with Crippen molar-refractivity contribution in [2.45, 2.75) is 27.3 Å². The number of aromatic nitrogens is 3. The zero-order valence-electron chi connectivity index (χ0n) is 13.3. The number of thiazole rings is 1. The van der Waals surface area contributed by atoms with Crippen molar-refractivity contribution in [2.75, 3.05) is 5.32 Å². The molecule has 0 aliphatic carbocycles. The van der Waals surface area contributed by atoms with Crippen LogP contribution in [0, 0.1) is 20.8 Å². The van der Waals surface area contributed by atoms with Gasteiger partial charge in [-0.3, -0.25) is 14.8 Å². The number of benzene rings is 1. The van der Waals surface area contributed by atoms with Gasteiger partial charge in [0.05, 0.1) is 12.2 Å². The Bertz CT molecular complexity index is 850. The molecule has 0 saturated heterocycles. The molecule has 0 fully saturated rings. The molecule has 0 bridgehead atoms. The number of hydrogen-bond acceptors (Lipinski definition) is 4. The molecule has 0 radical (unpaired) electrons. The molecule has 2 aromatic heterocycles. The topological polar surface area (TPSA) is 59.8 Å². The van der Waals surface area contributed by atoms with Crippen LogP contribution in [0.4, 0.5) is 5.13 Å². The lowest BCUT2D eigenvalue weighted by Crippen LogP contribution is -2.12. The lowest BCUT2D eigenvalue weighted by atomic mass is 10.1. The third-order valence-electron chi connectivity index (χ3n) is 3.47. The Balaban J connectivity index is 1.76. The monoisotopic (exact) mass is 326 g/mol. The number of amides is 1. The fourth-order valence-corrected chi connectivity index (χ4v) is 3.06. The summed E-state index contributed by atoms with van der Waals surface area (Å²) in [4.78, 5) is 17.6. The first-order valence-corrected chi connectivity index (χ1v) is 8.17. The van der Waals surface area contributed by atoms with Crippen molar-refractivity contribution in [3.8, 4) is 0 Å². The first kappa shape index (κ1) is 15.4. The van der Waals surface area contributed by atoms with Gasteiger partial charge in [0.2, 0.25) is 0 Å². The van der Waals surface area contributed by atoms with Crippen molar-refractivity contribution in [1.82, 2.24) is 14.8 Å². The third kappa shape index (κ3) is 3.65. The second kappa shape index (κ2) is 6.34. The summed E-state index contributed by atoms with van der Waals surface area (Å²) in [5.74, 6) is -0.144. The van der Waals surface area contributed by atoms with E-state index in [4.69, 9.17) is 0 Å².